The second kappa shape index (κ2) is 6.89. The average Bonchev–Trinajstić information content (AvgIpc) is 3.01. The van der Waals surface area contributed by atoms with E-state index in [1.54, 1.807) is 18.6 Å². The summed E-state index contributed by atoms with van der Waals surface area (Å²) in [6, 6.07) is 12.0. The smallest absolute Gasteiger partial charge is 0.229 e. The Morgan fingerprint density at radius 1 is 1.04 bits per heavy atom. The molecule has 0 saturated heterocycles. The summed E-state index contributed by atoms with van der Waals surface area (Å²) in [4.78, 5) is 17.7. The van der Waals surface area contributed by atoms with Crippen LogP contribution in [0.3, 0.4) is 0 Å². The van der Waals surface area contributed by atoms with E-state index in [0.29, 0.717) is 12.5 Å². The Labute approximate surface area is 151 Å². The van der Waals surface area contributed by atoms with Gasteiger partial charge in [-0.1, -0.05) is 12.1 Å². The fourth-order valence-corrected chi connectivity index (χ4v) is 2.85. The Kier molecular flexibility index (Phi) is 4.28. The van der Waals surface area contributed by atoms with Crippen molar-refractivity contribution in [2.75, 3.05) is 11.9 Å². The molecule has 0 fully saturated rings. The molecule has 3 heterocycles. The second-order valence-corrected chi connectivity index (χ2v) is 5.99. The molecule has 7 nitrogen and oxygen atoms in total. The van der Waals surface area contributed by atoms with Crippen molar-refractivity contribution in [3.05, 3.63) is 60.6 Å². The van der Waals surface area contributed by atoms with Crippen molar-refractivity contribution in [2.24, 2.45) is 12.8 Å². The summed E-state index contributed by atoms with van der Waals surface area (Å²) in [5.74, 6) is 1.37. The summed E-state index contributed by atoms with van der Waals surface area (Å²) in [6.45, 7) is 0.646. The summed E-state index contributed by atoms with van der Waals surface area (Å²) >= 11 is 0. The standard InChI is InChI=1S/C19H19N7/c1-26-17(14-7-10-21-11-8-14)24-16-12-22-19(25-18(16)26)23-15-4-2-13(3-5-15)6-9-20/h2-5,7-8,10-12H,6,9,20H2,1H3,(H,22,23,25). The first-order valence-corrected chi connectivity index (χ1v) is 8.40. The molecule has 4 rings (SSSR count). The number of rotatable bonds is 5. The highest BCUT2D eigenvalue weighted by molar-refractivity contribution is 5.77. The lowest BCUT2D eigenvalue weighted by Gasteiger charge is -2.06. The highest BCUT2D eigenvalue weighted by Crippen LogP contribution is 2.23. The Hall–Kier alpha value is -3.32. The molecule has 0 atom stereocenters. The largest absolute Gasteiger partial charge is 0.330 e. The van der Waals surface area contributed by atoms with Crippen molar-refractivity contribution in [3.63, 3.8) is 0 Å². The molecule has 0 aliphatic carbocycles. The van der Waals surface area contributed by atoms with Gasteiger partial charge in [0.05, 0.1) is 6.20 Å². The molecule has 26 heavy (non-hydrogen) atoms. The fraction of sp³-hybridized carbons (Fsp3) is 0.158. The fourth-order valence-electron chi connectivity index (χ4n) is 2.85. The van der Waals surface area contributed by atoms with E-state index in [2.05, 4.69) is 37.4 Å². The number of hydrogen-bond acceptors (Lipinski definition) is 6. The summed E-state index contributed by atoms with van der Waals surface area (Å²) in [5, 5.41) is 3.24. The molecule has 7 heteroatoms. The number of hydrogen-bond donors (Lipinski definition) is 2. The van der Waals surface area contributed by atoms with E-state index in [-0.39, 0.29) is 0 Å². The average molecular weight is 345 g/mol. The van der Waals surface area contributed by atoms with Crippen LogP contribution in [0.2, 0.25) is 0 Å². The van der Waals surface area contributed by atoms with Gasteiger partial charge >= 0.3 is 0 Å². The number of benzene rings is 1. The minimum absolute atomic E-state index is 0.536. The third kappa shape index (κ3) is 3.12. The number of aryl methyl sites for hydroxylation is 1. The summed E-state index contributed by atoms with van der Waals surface area (Å²) in [7, 11) is 1.95. The number of pyridine rings is 1. The maximum absolute atomic E-state index is 5.59. The molecule has 3 N–H and O–H groups in total. The van der Waals surface area contributed by atoms with Crippen molar-refractivity contribution in [2.45, 2.75) is 6.42 Å². The summed E-state index contributed by atoms with van der Waals surface area (Å²) in [6.07, 6.45) is 6.11. The molecular formula is C19H19N7. The van der Waals surface area contributed by atoms with Crippen molar-refractivity contribution in [3.8, 4) is 11.4 Å². The van der Waals surface area contributed by atoms with Crippen LogP contribution in [0.25, 0.3) is 22.6 Å². The molecule has 0 saturated carbocycles. The van der Waals surface area contributed by atoms with Gasteiger partial charge in [-0.15, -0.1) is 0 Å². The number of nitrogens with two attached hydrogens (primary N) is 1. The van der Waals surface area contributed by atoms with Crippen molar-refractivity contribution in [1.29, 1.82) is 0 Å². The SMILES string of the molecule is Cn1c(-c2ccncc2)nc2cnc(Nc3ccc(CCN)cc3)nc21. The van der Waals surface area contributed by atoms with Crippen LogP contribution in [0.5, 0.6) is 0 Å². The van der Waals surface area contributed by atoms with Crippen LogP contribution < -0.4 is 11.1 Å². The lowest BCUT2D eigenvalue weighted by atomic mass is 10.1. The van der Waals surface area contributed by atoms with Gasteiger partial charge in [0.2, 0.25) is 5.95 Å². The first-order valence-electron chi connectivity index (χ1n) is 8.40. The maximum atomic E-state index is 5.59. The molecule has 1 aromatic carbocycles. The van der Waals surface area contributed by atoms with Crippen LogP contribution >= 0.6 is 0 Å². The predicted molar refractivity (Wildman–Crippen MR) is 102 cm³/mol. The zero-order valence-corrected chi connectivity index (χ0v) is 14.4. The van der Waals surface area contributed by atoms with Crippen molar-refractivity contribution >= 4 is 22.8 Å². The van der Waals surface area contributed by atoms with Gasteiger partial charge in [-0.2, -0.15) is 4.98 Å². The number of anilines is 2. The van der Waals surface area contributed by atoms with E-state index in [1.165, 1.54) is 5.56 Å². The van der Waals surface area contributed by atoms with Gasteiger partial charge < -0.3 is 15.6 Å². The minimum atomic E-state index is 0.536. The topological polar surface area (TPSA) is 94.5 Å². The monoisotopic (exact) mass is 345 g/mol. The first-order chi connectivity index (χ1) is 12.7. The van der Waals surface area contributed by atoms with Gasteiger partial charge in [-0.3, -0.25) is 4.98 Å². The molecule has 0 aliphatic rings. The summed E-state index contributed by atoms with van der Waals surface area (Å²) in [5.41, 5.74) is 10.2. The van der Waals surface area contributed by atoms with Gasteiger partial charge in [-0.25, -0.2) is 9.97 Å². The molecule has 4 aromatic rings. The highest BCUT2D eigenvalue weighted by atomic mass is 15.2. The molecule has 0 radical (unpaired) electrons. The lowest BCUT2D eigenvalue weighted by molar-refractivity contribution is 0.939. The molecule has 0 amide bonds. The molecule has 3 aromatic heterocycles. The number of nitrogens with one attached hydrogen (secondary N) is 1. The Morgan fingerprint density at radius 3 is 2.54 bits per heavy atom. The second-order valence-electron chi connectivity index (χ2n) is 5.99. The van der Waals surface area contributed by atoms with Gasteiger partial charge in [-0.05, 0) is 42.8 Å². The molecule has 0 unspecified atom stereocenters. The third-order valence-electron chi connectivity index (χ3n) is 4.19. The van der Waals surface area contributed by atoms with Crippen LogP contribution in [-0.4, -0.2) is 31.0 Å². The van der Waals surface area contributed by atoms with E-state index in [0.717, 1.165) is 34.7 Å². The van der Waals surface area contributed by atoms with E-state index >= 15 is 0 Å². The van der Waals surface area contributed by atoms with Gasteiger partial charge in [0.25, 0.3) is 0 Å². The van der Waals surface area contributed by atoms with E-state index in [9.17, 15) is 0 Å². The molecular weight excluding hydrogens is 326 g/mol. The maximum Gasteiger partial charge on any atom is 0.229 e. The normalized spacial score (nSPS) is 11.0. The lowest BCUT2D eigenvalue weighted by Crippen LogP contribution is -2.03. The van der Waals surface area contributed by atoms with Crippen LogP contribution in [0.1, 0.15) is 5.56 Å². The highest BCUT2D eigenvalue weighted by Gasteiger charge is 2.12. The van der Waals surface area contributed by atoms with Gasteiger partial charge in [0.1, 0.15) is 11.3 Å². The molecule has 0 bridgehead atoms. The Morgan fingerprint density at radius 2 is 1.81 bits per heavy atom. The third-order valence-corrected chi connectivity index (χ3v) is 4.19. The first kappa shape index (κ1) is 16.2. The predicted octanol–water partition coefficient (Wildman–Crippen LogP) is 2.67. The number of nitrogens with zero attached hydrogens (tertiary/aromatic N) is 5. The van der Waals surface area contributed by atoms with Crippen LogP contribution in [-0.2, 0) is 13.5 Å². The van der Waals surface area contributed by atoms with Gasteiger partial charge in [0, 0.05) is 30.7 Å². The zero-order valence-electron chi connectivity index (χ0n) is 14.4. The molecule has 0 aliphatic heterocycles. The van der Waals surface area contributed by atoms with E-state index in [4.69, 9.17) is 5.73 Å². The number of fused-ring (bicyclic) bond motifs is 1. The van der Waals surface area contributed by atoms with Crippen molar-refractivity contribution < 1.29 is 0 Å². The zero-order chi connectivity index (χ0) is 17.9. The number of aromatic nitrogens is 5. The van der Waals surface area contributed by atoms with E-state index < -0.39 is 0 Å². The molecule has 130 valence electrons. The summed E-state index contributed by atoms with van der Waals surface area (Å²) < 4.78 is 1.96. The quantitative estimate of drug-likeness (QED) is 0.577. The van der Waals surface area contributed by atoms with Crippen molar-refractivity contribution in [1.82, 2.24) is 24.5 Å². The number of imidazole rings is 1. The van der Waals surface area contributed by atoms with E-state index in [1.807, 2.05) is 35.9 Å². The minimum Gasteiger partial charge on any atom is -0.330 e. The van der Waals surface area contributed by atoms with Crippen LogP contribution in [0, 0.1) is 0 Å². The van der Waals surface area contributed by atoms with Crippen LogP contribution in [0.4, 0.5) is 11.6 Å². The Bertz CT molecular complexity index is 1020. The Balaban J connectivity index is 1.64. The van der Waals surface area contributed by atoms with Gasteiger partial charge in [0.15, 0.2) is 5.65 Å². The molecule has 0 spiro atoms. The van der Waals surface area contributed by atoms with Crippen LogP contribution in [0.15, 0.2) is 55.0 Å².